The van der Waals surface area contributed by atoms with Crippen molar-refractivity contribution in [3.05, 3.63) is 82.1 Å². The van der Waals surface area contributed by atoms with Crippen LogP contribution in [0, 0.1) is 5.92 Å². The summed E-state index contributed by atoms with van der Waals surface area (Å²) in [5.74, 6) is 0.0446. The van der Waals surface area contributed by atoms with Crippen molar-refractivity contribution in [2.45, 2.75) is 42.9 Å². The number of benzene rings is 2. The number of nitrogens with one attached hydrogen (secondary N) is 1. The number of ether oxygens (including phenoxy) is 2. The second kappa shape index (κ2) is 11.6. The predicted molar refractivity (Wildman–Crippen MR) is 154 cm³/mol. The molecule has 0 radical (unpaired) electrons. The Morgan fingerprint density at radius 1 is 1.05 bits per heavy atom. The molecule has 0 aliphatic carbocycles. The van der Waals surface area contributed by atoms with Gasteiger partial charge in [0.2, 0.25) is 0 Å². The van der Waals surface area contributed by atoms with Crippen molar-refractivity contribution >= 4 is 38.9 Å². The standard InChI is InChI=1S/C29H31Cl2N3O5S/c1-19(11-14-33-28(35)27-23(30)17-32-18-24(27)31)34-15-12-21(13-16-34)29(38-25-5-3-4-6-26(25)39-29)20-7-9-22(10-8-20)40(2,36)37/h3-10,17-19,21H,11-16H2,1-2H3,(H,33,35). The molecule has 1 saturated heterocycles. The lowest BCUT2D eigenvalue weighted by atomic mass is 9.83. The third-order valence-corrected chi connectivity index (χ3v) is 9.38. The largest absolute Gasteiger partial charge is 0.444 e. The average Bonchev–Trinajstić information content (AvgIpc) is 3.33. The Labute approximate surface area is 244 Å². The number of aromatic nitrogens is 1. The number of carbonyl (C=O) groups excluding carboxylic acids is 1. The summed E-state index contributed by atoms with van der Waals surface area (Å²) in [6.07, 6.45) is 6.40. The molecule has 1 atom stereocenters. The first kappa shape index (κ1) is 28.7. The van der Waals surface area contributed by atoms with E-state index in [1.54, 1.807) is 24.3 Å². The van der Waals surface area contributed by atoms with E-state index in [9.17, 15) is 13.2 Å². The topological polar surface area (TPSA) is 97.8 Å². The van der Waals surface area contributed by atoms with Gasteiger partial charge < -0.3 is 19.7 Å². The Hall–Kier alpha value is -2.85. The number of hydrogen-bond acceptors (Lipinski definition) is 7. The number of sulfone groups is 1. The number of hydrogen-bond donors (Lipinski definition) is 1. The summed E-state index contributed by atoms with van der Waals surface area (Å²) in [4.78, 5) is 19.1. The SMILES string of the molecule is CC(CCNC(=O)c1c(Cl)cncc1Cl)N1CCC(C2(c3ccc(S(C)(=O)=O)cc3)Oc3ccccc3O2)CC1. The first-order valence-corrected chi connectivity index (χ1v) is 15.8. The van der Waals surface area contributed by atoms with Gasteiger partial charge in [-0.15, -0.1) is 0 Å². The highest BCUT2D eigenvalue weighted by Crippen LogP contribution is 2.50. The van der Waals surface area contributed by atoms with Crippen LogP contribution in [0.25, 0.3) is 0 Å². The molecule has 3 aromatic rings. The minimum absolute atomic E-state index is 0.0445. The monoisotopic (exact) mass is 603 g/mol. The third kappa shape index (κ3) is 5.79. The quantitative estimate of drug-likeness (QED) is 0.371. The van der Waals surface area contributed by atoms with Gasteiger partial charge in [-0.1, -0.05) is 35.3 Å². The summed E-state index contributed by atoms with van der Waals surface area (Å²) in [7, 11) is -3.32. The maximum atomic E-state index is 12.6. The third-order valence-electron chi connectivity index (χ3n) is 7.68. The van der Waals surface area contributed by atoms with Crippen LogP contribution in [-0.4, -0.2) is 56.1 Å². The van der Waals surface area contributed by atoms with E-state index in [2.05, 4.69) is 22.1 Å². The molecule has 8 nitrogen and oxygen atoms in total. The Morgan fingerprint density at radius 2 is 1.62 bits per heavy atom. The molecule has 212 valence electrons. The number of fused-ring (bicyclic) bond motifs is 1. The number of pyridine rings is 1. The number of nitrogens with zero attached hydrogens (tertiary/aromatic N) is 2. The van der Waals surface area contributed by atoms with E-state index >= 15 is 0 Å². The molecule has 40 heavy (non-hydrogen) atoms. The van der Waals surface area contributed by atoms with Crippen LogP contribution in [0.1, 0.15) is 42.1 Å². The zero-order chi connectivity index (χ0) is 28.5. The maximum absolute atomic E-state index is 12.6. The second-order valence-electron chi connectivity index (χ2n) is 10.3. The fourth-order valence-corrected chi connectivity index (χ4v) is 6.60. The van der Waals surface area contributed by atoms with Crippen molar-refractivity contribution in [3.8, 4) is 11.5 Å². The van der Waals surface area contributed by atoms with Gasteiger partial charge in [0.25, 0.3) is 11.7 Å². The Balaban J connectivity index is 1.24. The first-order chi connectivity index (χ1) is 19.1. The zero-order valence-electron chi connectivity index (χ0n) is 22.3. The van der Waals surface area contributed by atoms with Crippen LogP contribution in [0.3, 0.4) is 0 Å². The minimum Gasteiger partial charge on any atom is -0.444 e. The van der Waals surface area contributed by atoms with E-state index in [-0.39, 0.29) is 38.4 Å². The lowest BCUT2D eigenvalue weighted by Crippen LogP contribution is -2.50. The minimum atomic E-state index is -3.32. The molecule has 1 amide bonds. The van der Waals surface area contributed by atoms with Crippen molar-refractivity contribution in [3.63, 3.8) is 0 Å². The van der Waals surface area contributed by atoms with Crippen LogP contribution >= 0.6 is 23.2 Å². The van der Waals surface area contributed by atoms with Gasteiger partial charge in [0.1, 0.15) is 0 Å². The van der Waals surface area contributed by atoms with Gasteiger partial charge in [-0.3, -0.25) is 9.78 Å². The predicted octanol–water partition coefficient (Wildman–Crippen LogP) is 5.34. The normalized spacial score (nSPS) is 17.9. The maximum Gasteiger partial charge on any atom is 0.281 e. The van der Waals surface area contributed by atoms with Crippen molar-refractivity contribution in [2.75, 3.05) is 25.9 Å². The molecule has 1 N–H and O–H groups in total. The molecule has 2 aliphatic heterocycles. The molecule has 1 unspecified atom stereocenters. The Morgan fingerprint density at radius 3 is 2.17 bits per heavy atom. The molecular weight excluding hydrogens is 573 g/mol. The number of halogens is 2. The summed E-state index contributed by atoms with van der Waals surface area (Å²) in [6, 6.07) is 14.6. The van der Waals surface area contributed by atoms with Crippen LogP contribution in [0.4, 0.5) is 0 Å². The summed E-state index contributed by atoms with van der Waals surface area (Å²) in [6.45, 7) is 4.28. The fourth-order valence-electron chi connectivity index (χ4n) is 5.44. The molecule has 2 aliphatic rings. The van der Waals surface area contributed by atoms with Crippen LogP contribution in [-0.2, 0) is 15.6 Å². The van der Waals surface area contributed by atoms with Crippen molar-refractivity contribution in [1.82, 2.24) is 15.2 Å². The van der Waals surface area contributed by atoms with E-state index < -0.39 is 15.6 Å². The molecule has 1 fully saturated rings. The molecule has 1 aromatic heterocycles. The summed E-state index contributed by atoms with van der Waals surface area (Å²) >= 11 is 12.2. The second-order valence-corrected chi connectivity index (χ2v) is 13.1. The first-order valence-electron chi connectivity index (χ1n) is 13.2. The van der Waals surface area contributed by atoms with Gasteiger partial charge in [0.15, 0.2) is 21.3 Å². The lowest BCUT2D eigenvalue weighted by molar-refractivity contribution is -0.149. The van der Waals surface area contributed by atoms with E-state index in [1.165, 1.54) is 18.6 Å². The van der Waals surface area contributed by atoms with Crippen LogP contribution in [0.5, 0.6) is 11.5 Å². The highest BCUT2D eigenvalue weighted by Gasteiger charge is 2.51. The van der Waals surface area contributed by atoms with Gasteiger partial charge in [-0.2, -0.15) is 0 Å². The van der Waals surface area contributed by atoms with Gasteiger partial charge in [0.05, 0.1) is 20.5 Å². The molecule has 0 saturated carbocycles. The molecule has 5 rings (SSSR count). The molecule has 11 heteroatoms. The van der Waals surface area contributed by atoms with Gasteiger partial charge in [-0.05, 0) is 75.7 Å². The fraction of sp³-hybridized carbons (Fsp3) is 0.379. The Bertz CT molecular complexity index is 1450. The van der Waals surface area contributed by atoms with Gasteiger partial charge in [-0.25, -0.2) is 8.42 Å². The average molecular weight is 605 g/mol. The van der Waals surface area contributed by atoms with Gasteiger partial charge in [0, 0.05) is 42.7 Å². The molecule has 0 bridgehead atoms. The lowest BCUT2D eigenvalue weighted by Gasteiger charge is -2.42. The molecule has 3 heterocycles. The van der Waals surface area contributed by atoms with Crippen molar-refractivity contribution in [2.24, 2.45) is 5.92 Å². The molecule has 2 aromatic carbocycles. The van der Waals surface area contributed by atoms with Crippen LogP contribution in [0.2, 0.25) is 10.0 Å². The summed E-state index contributed by atoms with van der Waals surface area (Å²) in [5.41, 5.74) is 1.03. The van der Waals surface area contributed by atoms with E-state index in [1.807, 2.05) is 24.3 Å². The van der Waals surface area contributed by atoms with E-state index in [0.29, 0.717) is 18.0 Å². The van der Waals surface area contributed by atoms with Crippen LogP contribution in [0.15, 0.2) is 65.8 Å². The van der Waals surface area contributed by atoms with E-state index in [0.717, 1.165) is 37.9 Å². The highest BCUT2D eigenvalue weighted by molar-refractivity contribution is 7.90. The number of rotatable bonds is 8. The smallest absolute Gasteiger partial charge is 0.281 e. The van der Waals surface area contributed by atoms with Gasteiger partial charge >= 0.3 is 0 Å². The number of carbonyl (C=O) groups is 1. The molecule has 0 spiro atoms. The van der Waals surface area contributed by atoms with Crippen molar-refractivity contribution < 1.29 is 22.7 Å². The highest BCUT2D eigenvalue weighted by atomic mass is 35.5. The van der Waals surface area contributed by atoms with Crippen molar-refractivity contribution in [1.29, 1.82) is 0 Å². The van der Waals surface area contributed by atoms with Crippen LogP contribution < -0.4 is 14.8 Å². The number of amides is 1. The number of likely N-dealkylation sites (tertiary alicyclic amines) is 1. The van der Waals surface area contributed by atoms with E-state index in [4.69, 9.17) is 32.7 Å². The summed E-state index contributed by atoms with van der Waals surface area (Å²) < 4.78 is 37.1. The number of para-hydroxylation sites is 2. The number of piperidine rings is 1. The Kier molecular flexibility index (Phi) is 8.29. The summed E-state index contributed by atoms with van der Waals surface area (Å²) in [5, 5.41) is 3.35. The molecular formula is C29H31Cl2N3O5S. The zero-order valence-corrected chi connectivity index (χ0v) is 24.6.